The molecule has 0 aliphatic carbocycles. The highest BCUT2D eigenvalue weighted by atomic mass is 32.2. The molecule has 27 heavy (non-hydrogen) atoms. The molecule has 1 aromatic carbocycles. The summed E-state index contributed by atoms with van der Waals surface area (Å²) in [6.07, 6.45) is 1.16. The van der Waals surface area contributed by atoms with Crippen LogP contribution in [0.15, 0.2) is 23.1 Å². The number of hydrogen-bond donors (Lipinski definition) is 1. The van der Waals surface area contributed by atoms with Crippen LogP contribution >= 0.6 is 0 Å². The Bertz CT molecular complexity index is 905. The van der Waals surface area contributed by atoms with E-state index in [0.717, 1.165) is 16.1 Å². The number of rotatable bonds is 6. The van der Waals surface area contributed by atoms with E-state index in [9.17, 15) is 21.6 Å². The maximum atomic E-state index is 12.4. The minimum atomic E-state index is -3.56. The van der Waals surface area contributed by atoms with E-state index in [1.807, 2.05) is 6.92 Å². The van der Waals surface area contributed by atoms with Gasteiger partial charge in [-0.3, -0.25) is 4.79 Å². The van der Waals surface area contributed by atoms with Crippen LogP contribution in [0.4, 0.5) is 5.69 Å². The fourth-order valence-electron chi connectivity index (χ4n) is 2.71. The van der Waals surface area contributed by atoms with Crippen molar-refractivity contribution in [2.75, 3.05) is 58.4 Å². The Kier molecular flexibility index (Phi) is 6.51. The van der Waals surface area contributed by atoms with Crippen LogP contribution in [-0.4, -0.2) is 89.3 Å². The molecule has 0 saturated carbocycles. The number of nitrogens with one attached hydrogen (secondary N) is 1. The summed E-state index contributed by atoms with van der Waals surface area (Å²) >= 11 is 0. The van der Waals surface area contributed by atoms with Gasteiger partial charge in [-0.25, -0.2) is 21.1 Å². The zero-order valence-electron chi connectivity index (χ0n) is 16.0. The van der Waals surface area contributed by atoms with Gasteiger partial charge < -0.3 is 10.2 Å². The topological polar surface area (TPSA) is 107 Å². The number of piperazine rings is 1. The minimum absolute atomic E-state index is 0.00514. The van der Waals surface area contributed by atoms with Gasteiger partial charge in [0, 0.05) is 46.0 Å². The third-order valence-electron chi connectivity index (χ3n) is 4.48. The fraction of sp³-hybridized carbons (Fsp3) is 0.562. The molecule has 0 atom stereocenters. The molecule has 1 heterocycles. The molecular formula is C16H26N4O5S2. The van der Waals surface area contributed by atoms with Crippen LogP contribution in [0.5, 0.6) is 0 Å². The predicted octanol–water partition coefficient (Wildman–Crippen LogP) is -0.239. The summed E-state index contributed by atoms with van der Waals surface area (Å²) in [7, 11) is -3.88. The molecular weight excluding hydrogens is 392 g/mol. The predicted molar refractivity (Wildman–Crippen MR) is 104 cm³/mol. The Morgan fingerprint density at radius 1 is 1.11 bits per heavy atom. The Labute approximate surface area is 161 Å². The first-order chi connectivity index (χ1) is 12.4. The molecule has 1 aliphatic heterocycles. The molecule has 0 aromatic heterocycles. The molecule has 1 amide bonds. The van der Waals surface area contributed by atoms with E-state index in [-0.39, 0.29) is 30.4 Å². The third kappa shape index (κ3) is 5.18. The molecule has 0 radical (unpaired) electrons. The zero-order valence-corrected chi connectivity index (χ0v) is 17.6. The minimum Gasteiger partial charge on any atom is -0.376 e. The molecule has 1 fully saturated rings. The Balaban J connectivity index is 2.02. The lowest BCUT2D eigenvalue weighted by Crippen LogP contribution is -2.51. The van der Waals surface area contributed by atoms with E-state index in [1.54, 1.807) is 11.0 Å². The Morgan fingerprint density at radius 3 is 2.22 bits per heavy atom. The van der Waals surface area contributed by atoms with Gasteiger partial charge in [0.25, 0.3) is 0 Å². The number of aryl methyl sites for hydroxylation is 1. The van der Waals surface area contributed by atoms with Crippen LogP contribution in [0.1, 0.15) is 5.56 Å². The summed E-state index contributed by atoms with van der Waals surface area (Å²) in [5.74, 6) is -0.163. The normalized spacial score (nSPS) is 16.6. The standard InChI is InChI=1S/C16H26N4O5S2/c1-13-5-6-14(27(24,25)18(2)3)11-15(13)17-12-16(21)19-7-9-20(10-8-19)26(4,22)23/h5-6,11,17H,7-10,12H2,1-4H3. The lowest BCUT2D eigenvalue weighted by Gasteiger charge is -2.33. The van der Waals surface area contributed by atoms with Crippen molar-refractivity contribution in [3.05, 3.63) is 23.8 Å². The summed E-state index contributed by atoms with van der Waals surface area (Å²) in [6, 6.07) is 4.73. The van der Waals surface area contributed by atoms with Gasteiger partial charge in [0.05, 0.1) is 17.7 Å². The average Bonchev–Trinajstić information content (AvgIpc) is 2.59. The first-order valence-corrected chi connectivity index (χ1v) is 11.7. The van der Waals surface area contributed by atoms with Crippen molar-refractivity contribution in [2.45, 2.75) is 11.8 Å². The second-order valence-electron chi connectivity index (χ2n) is 6.66. The summed E-state index contributed by atoms with van der Waals surface area (Å²) < 4.78 is 50.1. The van der Waals surface area contributed by atoms with Crippen LogP contribution in [0, 0.1) is 6.92 Å². The van der Waals surface area contributed by atoms with Gasteiger partial charge in [0.1, 0.15) is 0 Å². The highest BCUT2D eigenvalue weighted by molar-refractivity contribution is 7.89. The van der Waals surface area contributed by atoms with Crippen molar-refractivity contribution in [2.24, 2.45) is 0 Å². The largest absolute Gasteiger partial charge is 0.376 e. The highest BCUT2D eigenvalue weighted by Crippen LogP contribution is 2.22. The van der Waals surface area contributed by atoms with Crippen molar-refractivity contribution in [1.29, 1.82) is 0 Å². The Morgan fingerprint density at radius 2 is 1.70 bits per heavy atom. The number of amides is 1. The quantitative estimate of drug-likeness (QED) is 0.683. The zero-order chi connectivity index (χ0) is 20.4. The smallest absolute Gasteiger partial charge is 0.242 e. The lowest BCUT2D eigenvalue weighted by atomic mass is 10.2. The van der Waals surface area contributed by atoms with Gasteiger partial charge in [0.2, 0.25) is 26.0 Å². The van der Waals surface area contributed by atoms with Gasteiger partial charge in [0.15, 0.2) is 0 Å². The van der Waals surface area contributed by atoms with E-state index in [0.29, 0.717) is 18.8 Å². The van der Waals surface area contributed by atoms with E-state index < -0.39 is 20.0 Å². The molecule has 1 N–H and O–H groups in total. The van der Waals surface area contributed by atoms with Crippen molar-refractivity contribution in [3.63, 3.8) is 0 Å². The molecule has 1 saturated heterocycles. The van der Waals surface area contributed by atoms with Gasteiger partial charge in [-0.15, -0.1) is 0 Å². The van der Waals surface area contributed by atoms with E-state index in [2.05, 4.69) is 5.32 Å². The number of nitrogens with zero attached hydrogens (tertiary/aromatic N) is 3. The molecule has 11 heteroatoms. The molecule has 0 bridgehead atoms. The number of benzene rings is 1. The summed E-state index contributed by atoms with van der Waals surface area (Å²) in [5.41, 5.74) is 1.39. The van der Waals surface area contributed by atoms with Gasteiger partial charge in [-0.1, -0.05) is 6.07 Å². The fourth-order valence-corrected chi connectivity index (χ4v) is 4.47. The number of sulfonamides is 2. The monoisotopic (exact) mass is 418 g/mol. The number of carbonyl (C=O) groups is 1. The second-order valence-corrected chi connectivity index (χ2v) is 10.8. The van der Waals surface area contributed by atoms with Crippen molar-refractivity contribution < 1.29 is 21.6 Å². The average molecular weight is 419 g/mol. The SMILES string of the molecule is Cc1ccc(S(=O)(=O)N(C)C)cc1NCC(=O)N1CCN(S(C)(=O)=O)CC1. The molecule has 1 aromatic rings. The van der Waals surface area contributed by atoms with Crippen molar-refractivity contribution in [3.8, 4) is 0 Å². The van der Waals surface area contributed by atoms with Crippen LogP contribution < -0.4 is 5.32 Å². The van der Waals surface area contributed by atoms with Gasteiger partial charge >= 0.3 is 0 Å². The van der Waals surface area contributed by atoms with E-state index >= 15 is 0 Å². The maximum Gasteiger partial charge on any atom is 0.242 e. The van der Waals surface area contributed by atoms with Gasteiger partial charge in [-0.2, -0.15) is 4.31 Å². The number of carbonyl (C=O) groups excluding carboxylic acids is 1. The second kappa shape index (κ2) is 8.13. The first kappa shape index (κ1) is 21.6. The Hall–Kier alpha value is -1.69. The number of hydrogen-bond acceptors (Lipinski definition) is 6. The van der Waals surface area contributed by atoms with Crippen LogP contribution in [0.3, 0.4) is 0 Å². The van der Waals surface area contributed by atoms with Crippen LogP contribution in [0.25, 0.3) is 0 Å². The van der Waals surface area contributed by atoms with Crippen LogP contribution in [-0.2, 0) is 24.8 Å². The molecule has 0 unspecified atom stereocenters. The van der Waals surface area contributed by atoms with Crippen LogP contribution in [0.2, 0.25) is 0 Å². The summed E-state index contributed by atoms with van der Waals surface area (Å²) in [4.78, 5) is 14.1. The molecule has 152 valence electrons. The highest BCUT2D eigenvalue weighted by Gasteiger charge is 2.26. The van der Waals surface area contributed by atoms with Crippen molar-refractivity contribution in [1.82, 2.24) is 13.5 Å². The summed E-state index contributed by atoms with van der Waals surface area (Å²) in [6.45, 7) is 3.05. The molecule has 1 aliphatic rings. The first-order valence-electron chi connectivity index (χ1n) is 8.43. The van der Waals surface area contributed by atoms with Crippen molar-refractivity contribution >= 4 is 31.6 Å². The van der Waals surface area contributed by atoms with E-state index in [4.69, 9.17) is 0 Å². The molecule has 9 nitrogen and oxygen atoms in total. The van der Waals surface area contributed by atoms with E-state index in [1.165, 1.54) is 30.5 Å². The van der Waals surface area contributed by atoms with Gasteiger partial charge in [-0.05, 0) is 24.6 Å². The molecule has 0 spiro atoms. The summed E-state index contributed by atoms with van der Waals surface area (Å²) in [5, 5.41) is 3.00. The lowest BCUT2D eigenvalue weighted by molar-refractivity contribution is -0.130. The number of anilines is 1. The maximum absolute atomic E-state index is 12.4. The molecule has 2 rings (SSSR count). The third-order valence-corrected chi connectivity index (χ3v) is 7.59.